The van der Waals surface area contributed by atoms with Crippen LogP contribution in [0.25, 0.3) is 0 Å². The Morgan fingerprint density at radius 3 is 2.48 bits per heavy atom. The second-order valence-corrected chi connectivity index (χ2v) is 5.28. The van der Waals surface area contributed by atoms with Gasteiger partial charge in [-0.25, -0.2) is 9.18 Å². The molecule has 0 aliphatic heterocycles. The molecule has 3 nitrogen and oxygen atoms in total. The molecule has 0 heterocycles. The van der Waals surface area contributed by atoms with Gasteiger partial charge >= 0.3 is 5.97 Å². The quantitative estimate of drug-likeness (QED) is 0.913. The van der Waals surface area contributed by atoms with Gasteiger partial charge in [-0.2, -0.15) is 0 Å². The van der Waals surface area contributed by atoms with Crippen LogP contribution in [-0.4, -0.2) is 23.0 Å². The third kappa shape index (κ3) is 4.03. The van der Waals surface area contributed by atoms with E-state index in [0.717, 1.165) is 5.56 Å². The van der Waals surface area contributed by atoms with Crippen LogP contribution in [0.2, 0.25) is 5.02 Å². The number of carboxylic acids is 1. The Kier molecular flexibility index (Phi) is 4.94. The van der Waals surface area contributed by atoms with Crippen LogP contribution < -0.4 is 0 Å². The first-order valence-corrected chi connectivity index (χ1v) is 6.79. The molecule has 0 atom stereocenters. The topological polar surface area (TPSA) is 40.5 Å². The van der Waals surface area contributed by atoms with E-state index < -0.39 is 5.97 Å². The highest BCUT2D eigenvalue weighted by molar-refractivity contribution is 6.31. The molecule has 0 saturated carbocycles. The van der Waals surface area contributed by atoms with E-state index in [1.165, 1.54) is 18.2 Å². The summed E-state index contributed by atoms with van der Waals surface area (Å²) in [4.78, 5) is 12.8. The maximum absolute atomic E-state index is 13.6. The first kappa shape index (κ1) is 15.5. The van der Waals surface area contributed by atoms with Crippen LogP contribution in [0.5, 0.6) is 0 Å². The first-order chi connectivity index (χ1) is 9.97. The molecule has 0 radical (unpaired) electrons. The van der Waals surface area contributed by atoms with Gasteiger partial charge in [0.05, 0.1) is 5.56 Å². The number of aromatic carboxylic acids is 1. The van der Waals surface area contributed by atoms with Crippen molar-refractivity contribution in [2.24, 2.45) is 0 Å². The van der Waals surface area contributed by atoms with Gasteiger partial charge in [-0.1, -0.05) is 35.9 Å². The highest BCUT2D eigenvalue weighted by Crippen LogP contribution is 2.20. The van der Waals surface area contributed by atoms with Gasteiger partial charge in [0.25, 0.3) is 0 Å². The molecule has 0 bridgehead atoms. The summed E-state index contributed by atoms with van der Waals surface area (Å²) in [5.74, 6) is -1.25. The zero-order chi connectivity index (χ0) is 15.4. The van der Waals surface area contributed by atoms with E-state index in [1.54, 1.807) is 24.3 Å². The second kappa shape index (κ2) is 6.70. The maximum atomic E-state index is 13.6. The number of rotatable bonds is 5. The molecule has 2 aromatic rings. The summed E-state index contributed by atoms with van der Waals surface area (Å²) >= 11 is 6.09. The molecule has 110 valence electrons. The SMILES string of the molecule is CN(Cc1ccccc1F)Cc1ccc(C(=O)O)cc1Cl. The Morgan fingerprint density at radius 1 is 1.19 bits per heavy atom. The van der Waals surface area contributed by atoms with Crippen LogP contribution in [0.3, 0.4) is 0 Å². The van der Waals surface area contributed by atoms with E-state index in [-0.39, 0.29) is 11.4 Å². The monoisotopic (exact) mass is 307 g/mol. The van der Waals surface area contributed by atoms with Crippen LogP contribution >= 0.6 is 11.6 Å². The minimum absolute atomic E-state index is 0.153. The Bertz CT molecular complexity index is 660. The third-order valence-electron chi connectivity index (χ3n) is 3.14. The Morgan fingerprint density at radius 2 is 1.86 bits per heavy atom. The molecule has 1 N–H and O–H groups in total. The molecular formula is C16H15ClFNO2. The first-order valence-electron chi connectivity index (χ1n) is 6.41. The Labute approximate surface area is 127 Å². The molecule has 0 aliphatic carbocycles. The summed E-state index contributed by atoms with van der Waals surface area (Å²) in [6, 6.07) is 11.2. The van der Waals surface area contributed by atoms with Crippen molar-refractivity contribution in [1.82, 2.24) is 4.90 Å². The lowest BCUT2D eigenvalue weighted by Crippen LogP contribution is -2.18. The summed E-state index contributed by atoms with van der Waals surface area (Å²) in [6.07, 6.45) is 0. The average Bonchev–Trinajstić information content (AvgIpc) is 2.43. The third-order valence-corrected chi connectivity index (χ3v) is 3.49. The number of benzene rings is 2. The fourth-order valence-electron chi connectivity index (χ4n) is 2.07. The minimum Gasteiger partial charge on any atom is -0.478 e. The normalized spacial score (nSPS) is 10.9. The van der Waals surface area contributed by atoms with E-state index >= 15 is 0 Å². The van der Waals surface area contributed by atoms with Gasteiger partial charge in [0.15, 0.2) is 0 Å². The Hall–Kier alpha value is -1.91. The van der Waals surface area contributed by atoms with Gasteiger partial charge in [-0.15, -0.1) is 0 Å². The molecule has 0 aliphatic rings. The zero-order valence-corrected chi connectivity index (χ0v) is 12.3. The molecule has 2 aromatic carbocycles. The van der Waals surface area contributed by atoms with Gasteiger partial charge in [-0.3, -0.25) is 4.90 Å². The van der Waals surface area contributed by atoms with Gasteiger partial charge in [-0.05, 0) is 30.8 Å². The number of hydrogen-bond donors (Lipinski definition) is 1. The number of nitrogens with zero attached hydrogens (tertiary/aromatic N) is 1. The number of carboxylic acid groups (broad SMARTS) is 1. The Balaban J connectivity index is 2.08. The van der Waals surface area contributed by atoms with Crippen molar-refractivity contribution >= 4 is 17.6 Å². The van der Waals surface area contributed by atoms with Gasteiger partial charge in [0.2, 0.25) is 0 Å². The van der Waals surface area contributed by atoms with Crippen molar-refractivity contribution in [2.75, 3.05) is 7.05 Å². The second-order valence-electron chi connectivity index (χ2n) is 4.88. The van der Waals surface area contributed by atoms with Gasteiger partial charge in [0.1, 0.15) is 5.82 Å². The summed E-state index contributed by atoms with van der Waals surface area (Å²) in [6.45, 7) is 0.955. The highest BCUT2D eigenvalue weighted by atomic mass is 35.5. The lowest BCUT2D eigenvalue weighted by Gasteiger charge is -2.18. The molecule has 0 spiro atoms. The average molecular weight is 308 g/mol. The van der Waals surface area contributed by atoms with Gasteiger partial charge < -0.3 is 5.11 Å². The van der Waals surface area contributed by atoms with Crippen molar-refractivity contribution in [3.63, 3.8) is 0 Å². The molecule has 0 amide bonds. The summed E-state index contributed by atoms with van der Waals surface area (Å²) in [5.41, 5.74) is 1.57. The predicted octanol–water partition coefficient (Wildman–Crippen LogP) is 3.81. The van der Waals surface area contributed by atoms with Crippen molar-refractivity contribution < 1.29 is 14.3 Å². The van der Waals surface area contributed by atoms with E-state index in [0.29, 0.717) is 23.7 Å². The van der Waals surface area contributed by atoms with E-state index in [2.05, 4.69) is 0 Å². The molecule has 21 heavy (non-hydrogen) atoms. The summed E-state index contributed by atoms with van der Waals surface area (Å²) in [5, 5.41) is 9.30. The zero-order valence-electron chi connectivity index (χ0n) is 11.5. The van der Waals surface area contributed by atoms with E-state index in [1.807, 2.05) is 11.9 Å². The van der Waals surface area contributed by atoms with Crippen molar-refractivity contribution in [1.29, 1.82) is 0 Å². The van der Waals surface area contributed by atoms with Crippen molar-refractivity contribution in [3.8, 4) is 0 Å². The standard InChI is InChI=1S/C16H15ClFNO2/c1-19(10-13-4-2-3-5-15(13)18)9-12-7-6-11(16(20)21)8-14(12)17/h2-8H,9-10H2,1H3,(H,20,21). The molecule has 0 fully saturated rings. The van der Waals surface area contributed by atoms with Crippen LogP contribution in [-0.2, 0) is 13.1 Å². The fourth-order valence-corrected chi connectivity index (χ4v) is 2.31. The lowest BCUT2D eigenvalue weighted by atomic mass is 10.1. The number of carbonyl (C=O) groups is 1. The molecule has 2 rings (SSSR count). The van der Waals surface area contributed by atoms with Gasteiger partial charge in [0, 0.05) is 23.7 Å². The number of hydrogen-bond acceptors (Lipinski definition) is 2. The van der Waals surface area contributed by atoms with E-state index in [4.69, 9.17) is 16.7 Å². The van der Waals surface area contributed by atoms with Crippen LogP contribution in [0.1, 0.15) is 21.5 Å². The minimum atomic E-state index is -1.01. The van der Waals surface area contributed by atoms with Crippen LogP contribution in [0.4, 0.5) is 4.39 Å². The lowest BCUT2D eigenvalue weighted by molar-refractivity contribution is 0.0697. The van der Waals surface area contributed by atoms with E-state index in [9.17, 15) is 9.18 Å². The summed E-state index contributed by atoms with van der Waals surface area (Å²) in [7, 11) is 1.86. The molecule has 0 saturated heterocycles. The molecular weight excluding hydrogens is 293 g/mol. The number of halogens is 2. The highest BCUT2D eigenvalue weighted by Gasteiger charge is 2.10. The maximum Gasteiger partial charge on any atom is 0.335 e. The fraction of sp³-hybridized carbons (Fsp3) is 0.188. The van der Waals surface area contributed by atoms with Crippen LogP contribution in [0, 0.1) is 5.82 Å². The predicted molar refractivity (Wildman–Crippen MR) is 80.0 cm³/mol. The van der Waals surface area contributed by atoms with Crippen molar-refractivity contribution in [2.45, 2.75) is 13.1 Å². The molecule has 0 aromatic heterocycles. The largest absolute Gasteiger partial charge is 0.478 e. The smallest absolute Gasteiger partial charge is 0.335 e. The van der Waals surface area contributed by atoms with Crippen LogP contribution in [0.15, 0.2) is 42.5 Å². The molecule has 0 unspecified atom stereocenters. The van der Waals surface area contributed by atoms with Crippen molar-refractivity contribution in [3.05, 3.63) is 70.0 Å². The summed E-state index contributed by atoms with van der Waals surface area (Å²) < 4.78 is 13.6. The molecule has 5 heteroatoms.